The van der Waals surface area contributed by atoms with E-state index in [1.807, 2.05) is 24.3 Å². The van der Waals surface area contributed by atoms with Crippen molar-refractivity contribution in [1.82, 2.24) is 19.8 Å². The predicted molar refractivity (Wildman–Crippen MR) is 173 cm³/mol. The van der Waals surface area contributed by atoms with Crippen molar-refractivity contribution in [2.45, 2.75) is 63.2 Å². The van der Waals surface area contributed by atoms with Crippen molar-refractivity contribution in [3.8, 4) is 5.75 Å². The highest BCUT2D eigenvalue weighted by Crippen LogP contribution is 2.36. The quantitative estimate of drug-likeness (QED) is 0.317. The van der Waals surface area contributed by atoms with Gasteiger partial charge >= 0.3 is 6.18 Å². The zero-order chi connectivity index (χ0) is 32.4. The van der Waals surface area contributed by atoms with Gasteiger partial charge in [-0.1, -0.05) is 12.1 Å². The third-order valence-corrected chi connectivity index (χ3v) is 9.70. The van der Waals surface area contributed by atoms with E-state index in [-0.39, 0.29) is 30.4 Å². The highest BCUT2D eigenvalue weighted by Gasteiger charge is 2.35. The Kier molecular flexibility index (Phi) is 9.37. The molecule has 12 heteroatoms. The number of hydrogen-bond acceptors (Lipinski definition) is 8. The van der Waals surface area contributed by atoms with Crippen molar-refractivity contribution in [2.75, 3.05) is 62.9 Å². The van der Waals surface area contributed by atoms with E-state index >= 15 is 0 Å². The summed E-state index contributed by atoms with van der Waals surface area (Å²) in [5, 5.41) is 5.87. The number of likely N-dealkylation sites (tertiary alicyclic amines) is 1. The van der Waals surface area contributed by atoms with Crippen LogP contribution in [-0.4, -0.2) is 85.1 Å². The molecule has 1 aromatic heterocycles. The fourth-order valence-electron chi connectivity index (χ4n) is 7.06. The summed E-state index contributed by atoms with van der Waals surface area (Å²) in [5.74, 6) is 0.503. The Hall–Kier alpha value is -3.90. The Morgan fingerprint density at radius 1 is 1.04 bits per heavy atom. The zero-order valence-electron chi connectivity index (χ0n) is 26.7. The Morgan fingerprint density at radius 2 is 1.80 bits per heavy atom. The number of nitrogens with one attached hydrogen (secondary N) is 2. The number of methoxy groups -OCH3 is 1. The summed E-state index contributed by atoms with van der Waals surface area (Å²) in [4.78, 5) is 27.6. The first kappa shape index (κ1) is 32.1. The highest BCUT2D eigenvalue weighted by molar-refractivity contribution is 5.99. The van der Waals surface area contributed by atoms with Gasteiger partial charge in [-0.05, 0) is 95.0 Å². The molecule has 3 aliphatic heterocycles. The van der Waals surface area contributed by atoms with Crippen LogP contribution in [0.15, 0.2) is 42.6 Å². The number of amides is 1. The molecule has 4 heterocycles. The molecule has 1 amide bonds. The van der Waals surface area contributed by atoms with E-state index in [1.165, 1.54) is 12.8 Å². The smallest absolute Gasteiger partial charge is 0.419 e. The molecule has 0 radical (unpaired) electrons. The molecular formula is C34H42F3N7O2. The van der Waals surface area contributed by atoms with Crippen LogP contribution >= 0.6 is 0 Å². The third kappa shape index (κ3) is 7.07. The number of carbonyl (C=O) groups is 1. The molecule has 0 aliphatic carbocycles. The number of fused-ring (bicyclic) bond motifs is 1. The second-order valence-corrected chi connectivity index (χ2v) is 12.7. The average molecular weight is 638 g/mol. The second-order valence-electron chi connectivity index (χ2n) is 12.7. The molecule has 2 fully saturated rings. The summed E-state index contributed by atoms with van der Waals surface area (Å²) in [6.07, 6.45) is 1.45. The van der Waals surface area contributed by atoms with Crippen molar-refractivity contribution in [3.63, 3.8) is 0 Å². The van der Waals surface area contributed by atoms with Crippen LogP contribution in [0.25, 0.3) is 0 Å². The summed E-state index contributed by atoms with van der Waals surface area (Å²) in [7, 11) is 5.91. The summed E-state index contributed by atoms with van der Waals surface area (Å²) in [6.45, 7) is 4.22. The first-order valence-electron chi connectivity index (χ1n) is 16.0. The molecule has 9 nitrogen and oxygen atoms in total. The van der Waals surface area contributed by atoms with Gasteiger partial charge in [0.25, 0.3) is 0 Å². The molecule has 2 saturated heterocycles. The predicted octanol–water partition coefficient (Wildman–Crippen LogP) is 5.52. The second kappa shape index (κ2) is 13.4. The fourth-order valence-corrected chi connectivity index (χ4v) is 7.06. The molecule has 2 N–H and O–H groups in total. The minimum absolute atomic E-state index is 0.0381. The lowest BCUT2D eigenvalue weighted by molar-refractivity contribution is -0.138. The van der Waals surface area contributed by atoms with Gasteiger partial charge < -0.3 is 30.1 Å². The van der Waals surface area contributed by atoms with Crippen LogP contribution < -0.4 is 20.3 Å². The number of hydrogen-bond donors (Lipinski definition) is 2. The number of aromatic nitrogens is 2. The lowest BCUT2D eigenvalue weighted by atomic mass is 9.97. The first-order chi connectivity index (χ1) is 22.1. The standard InChI is InChI=1S/C34H42F3N7O2/c1-42(2)23-11-15-43(16-12-23)24-13-17-44(18-14-24)25-8-10-30(31(19-25)46-3)41-33-38-21-27(34(35,36)37)29(40-33)9-7-22-5-4-6-28-26(22)20-32(45)39-28/h4-6,8,10,19,21,23-24H,7,9,11-18,20H2,1-3H3,(H,39,45)(H,38,40,41). The molecule has 0 saturated carbocycles. The van der Waals surface area contributed by atoms with Crippen LogP contribution in [-0.2, 0) is 30.2 Å². The molecule has 6 rings (SSSR count). The molecule has 3 aliphatic rings. The van der Waals surface area contributed by atoms with Gasteiger partial charge in [-0.15, -0.1) is 0 Å². The lowest BCUT2D eigenvalue weighted by Gasteiger charge is -2.43. The Balaban J connectivity index is 1.12. The number of piperidine rings is 2. The number of halogens is 3. The van der Waals surface area contributed by atoms with Crippen LogP contribution in [0.1, 0.15) is 48.1 Å². The topological polar surface area (TPSA) is 85.9 Å². The Morgan fingerprint density at radius 3 is 2.50 bits per heavy atom. The van der Waals surface area contributed by atoms with Gasteiger partial charge in [0.1, 0.15) is 5.75 Å². The maximum Gasteiger partial charge on any atom is 0.419 e. The van der Waals surface area contributed by atoms with Gasteiger partial charge in [-0.3, -0.25) is 4.79 Å². The molecule has 0 unspecified atom stereocenters. The van der Waals surface area contributed by atoms with Gasteiger partial charge in [0.05, 0.1) is 30.5 Å². The molecule has 0 bridgehead atoms. The Bertz CT molecular complexity index is 1550. The number of carbonyl (C=O) groups excluding carboxylic acids is 1. The molecule has 46 heavy (non-hydrogen) atoms. The van der Waals surface area contributed by atoms with Crippen LogP contribution in [0.4, 0.5) is 36.2 Å². The number of ether oxygens (including phenoxy) is 1. The normalized spacial score (nSPS) is 18.2. The highest BCUT2D eigenvalue weighted by atomic mass is 19.4. The lowest BCUT2D eigenvalue weighted by Crippen LogP contribution is -2.50. The molecule has 2 aromatic carbocycles. The van der Waals surface area contributed by atoms with E-state index in [9.17, 15) is 18.0 Å². The monoisotopic (exact) mass is 637 g/mol. The van der Waals surface area contributed by atoms with Crippen LogP contribution in [0.5, 0.6) is 5.75 Å². The molecule has 3 aromatic rings. The van der Waals surface area contributed by atoms with Crippen molar-refractivity contribution in [1.29, 1.82) is 0 Å². The van der Waals surface area contributed by atoms with Crippen LogP contribution in [0, 0.1) is 0 Å². The number of benzene rings is 2. The van der Waals surface area contributed by atoms with Gasteiger partial charge in [-0.25, -0.2) is 9.97 Å². The van der Waals surface area contributed by atoms with Crippen molar-refractivity contribution in [2.24, 2.45) is 0 Å². The minimum atomic E-state index is -4.60. The van der Waals surface area contributed by atoms with Gasteiger partial charge in [0, 0.05) is 48.8 Å². The molecular weight excluding hydrogens is 595 g/mol. The maximum atomic E-state index is 13.9. The number of alkyl halides is 3. The van der Waals surface area contributed by atoms with E-state index in [1.54, 1.807) is 19.2 Å². The van der Waals surface area contributed by atoms with Gasteiger partial charge in [0.15, 0.2) is 0 Å². The minimum Gasteiger partial charge on any atom is -0.494 e. The van der Waals surface area contributed by atoms with Gasteiger partial charge in [0.2, 0.25) is 11.9 Å². The number of anilines is 4. The van der Waals surface area contributed by atoms with Crippen molar-refractivity contribution >= 4 is 28.9 Å². The van der Waals surface area contributed by atoms with Crippen molar-refractivity contribution < 1.29 is 22.7 Å². The third-order valence-electron chi connectivity index (χ3n) is 9.70. The maximum absolute atomic E-state index is 13.9. The fraction of sp³-hybridized carbons (Fsp3) is 0.500. The van der Waals surface area contributed by atoms with E-state index in [4.69, 9.17) is 4.74 Å². The molecule has 246 valence electrons. The van der Waals surface area contributed by atoms with Crippen molar-refractivity contribution in [3.05, 3.63) is 65.0 Å². The summed E-state index contributed by atoms with van der Waals surface area (Å²) >= 11 is 0. The van der Waals surface area contributed by atoms with Crippen LogP contribution in [0.2, 0.25) is 0 Å². The van der Waals surface area contributed by atoms with E-state index in [0.29, 0.717) is 35.6 Å². The number of aryl methyl sites for hydroxylation is 2. The number of nitrogens with zero attached hydrogens (tertiary/aromatic N) is 5. The summed E-state index contributed by atoms with van der Waals surface area (Å²) in [5.41, 5.74) is 3.01. The van der Waals surface area contributed by atoms with E-state index in [0.717, 1.165) is 62.0 Å². The SMILES string of the molecule is COc1cc(N2CCC(N3CCC(N(C)C)CC3)CC2)ccc1Nc1ncc(C(F)(F)F)c(CCc2cccc3c2CC(=O)N3)n1. The zero-order valence-corrected chi connectivity index (χ0v) is 26.7. The van der Waals surface area contributed by atoms with Crippen LogP contribution in [0.3, 0.4) is 0 Å². The van der Waals surface area contributed by atoms with Gasteiger partial charge in [-0.2, -0.15) is 13.2 Å². The first-order valence-corrected chi connectivity index (χ1v) is 16.0. The summed E-state index contributed by atoms with van der Waals surface area (Å²) in [6, 6.07) is 12.6. The summed E-state index contributed by atoms with van der Waals surface area (Å²) < 4.78 is 47.5. The van der Waals surface area contributed by atoms with E-state index in [2.05, 4.69) is 49.4 Å². The number of rotatable bonds is 9. The van der Waals surface area contributed by atoms with E-state index < -0.39 is 11.7 Å². The Labute approximate surface area is 268 Å². The average Bonchev–Trinajstić information content (AvgIpc) is 3.44. The molecule has 0 atom stereocenters. The molecule has 0 spiro atoms. The largest absolute Gasteiger partial charge is 0.494 e.